The minimum atomic E-state index is -1.83. The van der Waals surface area contributed by atoms with Crippen LogP contribution >= 0.6 is 0 Å². The van der Waals surface area contributed by atoms with Crippen molar-refractivity contribution >= 4 is 6.16 Å². The molecular formula is CH3FeO3+. The Kier molecular flexibility index (Phi) is 6.70. The molecule has 0 aromatic heterocycles. The molecule has 0 aliphatic carbocycles. The van der Waals surface area contributed by atoms with Gasteiger partial charge in [0.1, 0.15) is 0 Å². The largest absolute Gasteiger partial charge is 1.00 e. The van der Waals surface area contributed by atoms with E-state index in [9.17, 15) is 0 Å². The Morgan fingerprint density at radius 3 is 1.60 bits per heavy atom. The molecule has 0 radical (unpaired) electrons. The van der Waals surface area contributed by atoms with E-state index < -0.39 is 6.16 Å². The Balaban J connectivity index is -0.0000000450. The molecule has 4 heteroatoms. The summed E-state index contributed by atoms with van der Waals surface area (Å²) in [7, 11) is 0. The third kappa shape index (κ3) is 274. The Morgan fingerprint density at radius 1 is 1.60 bits per heavy atom. The standard InChI is InChI=1S/CH2O3.Fe/c2-1(3)4;/h(H2,2,3,4);/p+1. The summed E-state index contributed by atoms with van der Waals surface area (Å²) in [6.45, 7) is 0. The van der Waals surface area contributed by atoms with Crippen molar-refractivity contribution in [1.29, 1.82) is 0 Å². The predicted octanol–water partition coefficient (Wildman–Crippen LogP) is 0.332. The van der Waals surface area contributed by atoms with Crippen LogP contribution in [0, 0.1) is 0 Å². The first-order valence-corrected chi connectivity index (χ1v) is 0.651. The van der Waals surface area contributed by atoms with Crippen LogP contribution in [-0.4, -0.2) is 16.4 Å². The van der Waals surface area contributed by atoms with E-state index in [1.165, 1.54) is 0 Å². The summed E-state index contributed by atoms with van der Waals surface area (Å²) in [4.78, 5) is 8.56. The molecule has 2 N–H and O–H groups in total. The van der Waals surface area contributed by atoms with Gasteiger partial charge in [-0.05, 0) is 0 Å². The minimum Gasteiger partial charge on any atom is -0.450 e. The zero-order valence-corrected chi connectivity index (χ0v) is 3.26. The molecule has 0 unspecified atom stereocenters. The number of hydrogen-bond donors (Lipinski definition) is 2. The van der Waals surface area contributed by atoms with E-state index in [4.69, 9.17) is 15.0 Å². The van der Waals surface area contributed by atoms with Crippen LogP contribution in [0.1, 0.15) is 1.43 Å². The van der Waals surface area contributed by atoms with Crippen LogP contribution in [-0.2, 0) is 17.1 Å². The van der Waals surface area contributed by atoms with Gasteiger partial charge < -0.3 is 10.2 Å². The van der Waals surface area contributed by atoms with E-state index in [1.54, 1.807) is 0 Å². The van der Waals surface area contributed by atoms with E-state index in [0.717, 1.165) is 0 Å². The van der Waals surface area contributed by atoms with E-state index >= 15 is 0 Å². The molecule has 0 bridgehead atoms. The van der Waals surface area contributed by atoms with Crippen molar-refractivity contribution in [3.8, 4) is 0 Å². The van der Waals surface area contributed by atoms with Crippen LogP contribution < -0.4 is 0 Å². The smallest absolute Gasteiger partial charge is 0.450 e. The van der Waals surface area contributed by atoms with Gasteiger partial charge in [-0.15, -0.1) is 0 Å². The molecule has 0 atom stereocenters. The molecule has 0 amide bonds. The van der Waals surface area contributed by atoms with Gasteiger partial charge in [-0.1, -0.05) is 0 Å². The second-order valence-electron chi connectivity index (χ2n) is 0.283. The average Bonchev–Trinajstić information content (AvgIpc) is 0.811. The molecule has 0 aromatic rings. The van der Waals surface area contributed by atoms with Crippen LogP contribution in [0.4, 0.5) is 4.79 Å². The maximum atomic E-state index is 8.56. The van der Waals surface area contributed by atoms with Gasteiger partial charge in [-0.25, -0.2) is 4.79 Å². The second kappa shape index (κ2) is 3.79. The first-order chi connectivity index (χ1) is 1.73. The van der Waals surface area contributed by atoms with Gasteiger partial charge >= 0.3 is 7.58 Å². The van der Waals surface area contributed by atoms with Crippen LogP contribution in [0.5, 0.6) is 0 Å². The summed E-state index contributed by atoms with van der Waals surface area (Å²) >= 11 is 0. The van der Waals surface area contributed by atoms with Gasteiger partial charge in [-0.2, -0.15) is 0 Å². The van der Waals surface area contributed by atoms with Crippen LogP contribution in [0.15, 0.2) is 0 Å². The van der Waals surface area contributed by atoms with Crippen LogP contribution in [0.3, 0.4) is 0 Å². The molecule has 32 valence electrons. The third-order valence-corrected chi connectivity index (χ3v) is 0. The van der Waals surface area contributed by atoms with Crippen molar-refractivity contribution in [1.82, 2.24) is 0 Å². The molecule has 0 aliphatic rings. The van der Waals surface area contributed by atoms with Gasteiger partial charge in [0, 0.05) is 17.1 Å². The molecule has 0 heterocycles. The molecule has 0 saturated heterocycles. The predicted molar refractivity (Wildman–Crippen MR) is 11.8 cm³/mol. The number of rotatable bonds is 0. The van der Waals surface area contributed by atoms with Gasteiger partial charge in [0.15, 0.2) is 0 Å². The fourth-order valence-electron chi connectivity index (χ4n) is 0. The topological polar surface area (TPSA) is 57.5 Å². The van der Waals surface area contributed by atoms with E-state index in [2.05, 4.69) is 0 Å². The van der Waals surface area contributed by atoms with Crippen molar-refractivity contribution in [2.75, 3.05) is 0 Å². The number of hydrogen-bond acceptors (Lipinski definition) is 1. The van der Waals surface area contributed by atoms with Gasteiger partial charge in [-0.3, -0.25) is 0 Å². The first-order valence-electron chi connectivity index (χ1n) is 0.651. The maximum Gasteiger partial charge on any atom is 1.00 e. The quantitative estimate of drug-likeness (QED) is 0.451. The van der Waals surface area contributed by atoms with Crippen LogP contribution in [0.25, 0.3) is 0 Å². The summed E-state index contributed by atoms with van der Waals surface area (Å²) in [6.07, 6.45) is -1.83. The SMILES string of the molecule is O=C(O)O.[Fe].[H+]. The van der Waals surface area contributed by atoms with E-state index in [-0.39, 0.29) is 18.5 Å². The zero-order valence-electron chi connectivity index (χ0n) is 3.16. The Hall–Kier alpha value is -0.211. The van der Waals surface area contributed by atoms with Gasteiger partial charge in [0.2, 0.25) is 0 Å². The zero-order chi connectivity index (χ0) is 3.58. The Labute approximate surface area is 40.6 Å². The second-order valence-corrected chi connectivity index (χ2v) is 0.283. The Bertz CT molecular complexity index is 33.8. The third-order valence-electron chi connectivity index (χ3n) is 0. The van der Waals surface area contributed by atoms with Gasteiger partial charge in [0.25, 0.3) is 0 Å². The molecule has 0 saturated carbocycles. The van der Waals surface area contributed by atoms with Gasteiger partial charge in [0.05, 0.1) is 0 Å². The molecule has 0 aliphatic heterocycles. The molecule has 0 spiro atoms. The molecule has 0 aromatic carbocycles. The van der Waals surface area contributed by atoms with Crippen molar-refractivity contribution in [3.05, 3.63) is 0 Å². The maximum absolute atomic E-state index is 8.56. The fourth-order valence-corrected chi connectivity index (χ4v) is 0. The molecule has 0 rings (SSSR count). The van der Waals surface area contributed by atoms with Crippen molar-refractivity contribution in [3.63, 3.8) is 0 Å². The van der Waals surface area contributed by atoms with E-state index in [1.807, 2.05) is 0 Å². The summed E-state index contributed by atoms with van der Waals surface area (Å²) in [5, 5.41) is 13.9. The number of carbonyl (C=O) groups is 1. The monoisotopic (exact) mass is 119 g/mol. The summed E-state index contributed by atoms with van der Waals surface area (Å²) in [5.74, 6) is 0. The normalized spacial score (nSPS) is 4.80. The molecule has 3 nitrogen and oxygen atoms in total. The molecule has 0 fully saturated rings. The number of carboxylic acid groups (broad SMARTS) is 2. The van der Waals surface area contributed by atoms with Crippen molar-refractivity contribution < 1.29 is 33.5 Å². The summed E-state index contributed by atoms with van der Waals surface area (Å²) in [6, 6.07) is 0. The summed E-state index contributed by atoms with van der Waals surface area (Å²) < 4.78 is 0. The van der Waals surface area contributed by atoms with Crippen molar-refractivity contribution in [2.45, 2.75) is 0 Å². The molecule has 5 heavy (non-hydrogen) atoms. The fraction of sp³-hybridized carbons (Fsp3) is 0. The Morgan fingerprint density at radius 2 is 1.60 bits per heavy atom. The van der Waals surface area contributed by atoms with Crippen LogP contribution in [0.2, 0.25) is 0 Å². The minimum absolute atomic E-state index is 0. The first kappa shape index (κ1) is 8.84. The molecular weight excluding hydrogens is 116 g/mol. The van der Waals surface area contributed by atoms with Crippen molar-refractivity contribution in [2.24, 2.45) is 0 Å². The average molecular weight is 119 g/mol. The van der Waals surface area contributed by atoms with E-state index in [0.29, 0.717) is 0 Å². The summed E-state index contributed by atoms with van der Waals surface area (Å²) in [5.41, 5.74) is 0.